The number of hydrogen-bond acceptors (Lipinski definition) is 5. The number of halogens is 3. The first-order valence-electron chi connectivity index (χ1n) is 8.15. The fourth-order valence-corrected chi connectivity index (χ4v) is 2.25. The van der Waals surface area contributed by atoms with Crippen LogP contribution in [-0.2, 0) is 17.8 Å². The second kappa shape index (κ2) is 8.61. The van der Waals surface area contributed by atoms with E-state index in [1.54, 1.807) is 19.9 Å². The summed E-state index contributed by atoms with van der Waals surface area (Å²) in [5, 5.41) is 2.58. The van der Waals surface area contributed by atoms with Gasteiger partial charge in [-0.25, -0.2) is 9.97 Å². The molecule has 0 aliphatic carbocycles. The summed E-state index contributed by atoms with van der Waals surface area (Å²) in [6, 6.07) is 6.78. The molecule has 0 spiro atoms. The second-order valence-corrected chi connectivity index (χ2v) is 5.76. The summed E-state index contributed by atoms with van der Waals surface area (Å²) in [5.74, 6) is -0.679. The van der Waals surface area contributed by atoms with Crippen molar-refractivity contribution in [2.45, 2.75) is 39.6 Å². The van der Waals surface area contributed by atoms with Gasteiger partial charge >= 0.3 is 6.36 Å². The predicted octanol–water partition coefficient (Wildman–Crippen LogP) is 3.14. The van der Waals surface area contributed by atoms with Crippen LogP contribution in [0.5, 0.6) is 5.75 Å². The minimum Gasteiger partial charge on any atom is -0.406 e. The van der Waals surface area contributed by atoms with Crippen LogP contribution in [-0.4, -0.2) is 28.0 Å². The summed E-state index contributed by atoms with van der Waals surface area (Å²) in [6.07, 6.45) is -4.41. The van der Waals surface area contributed by atoms with Crippen molar-refractivity contribution >= 4 is 11.7 Å². The highest BCUT2D eigenvalue weighted by Crippen LogP contribution is 2.23. The van der Waals surface area contributed by atoms with Gasteiger partial charge in [-0.3, -0.25) is 9.59 Å². The van der Waals surface area contributed by atoms with E-state index in [1.165, 1.54) is 24.3 Å². The van der Waals surface area contributed by atoms with Gasteiger partial charge in [0, 0.05) is 18.7 Å². The van der Waals surface area contributed by atoms with Crippen molar-refractivity contribution < 1.29 is 27.5 Å². The number of nitrogens with one attached hydrogen (secondary N) is 1. The molecule has 0 unspecified atom stereocenters. The molecule has 144 valence electrons. The average Bonchev–Trinajstić information content (AvgIpc) is 2.57. The van der Waals surface area contributed by atoms with E-state index < -0.39 is 12.3 Å². The number of ether oxygens (including phenoxy) is 1. The van der Waals surface area contributed by atoms with Gasteiger partial charge in [0.25, 0.3) is 5.91 Å². The van der Waals surface area contributed by atoms with Gasteiger partial charge in [0.05, 0.1) is 6.42 Å². The van der Waals surface area contributed by atoms with Crippen LogP contribution in [0.2, 0.25) is 0 Å². The largest absolute Gasteiger partial charge is 0.573 e. The van der Waals surface area contributed by atoms with E-state index >= 15 is 0 Å². The van der Waals surface area contributed by atoms with Crippen molar-refractivity contribution in [3.63, 3.8) is 0 Å². The molecular weight excluding hydrogens is 363 g/mol. The normalized spacial score (nSPS) is 11.1. The maximum atomic E-state index is 12.3. The SMILES string of the molecule is CCC(=O)Cc1nc(C)cc(C(=O)NCc2cccc(OC(F)(F)F)c2)n1. The highest BCUT2D eigenvalue weighted by atomic mass is 19.4. The van der Waals surface area contributed by atoms with E-state index in [0.717, 1.165) is 0 Å². The molecular formula is C18H18F3N3O3. The van der Waals surface area contributed by atoms with Gasteiger partial charge in [-0.15, -0.1) is 13.2 Å². The summed E-state index contributed by atoms with van der Waals surface area (Å²) in [4.78, 5) is 32.1. The zero-order chi connectivity index (χ0) is 20.0. The molecule has 0 saturated carbocycles. The van der Waals surface area contributed by atoms with E-state index in [-0.39, 0.29) is 36.0 Å². The number of Topliss-reactive ketones (excluding diaryl/α,β-unsaturated/α-hetero) is 1. The molecule has 0 atom stereocenters. The molecule has 9 heteroatoms. The third-order valence-electron chi connectivity index (χ3n) is 3.47. The molecule has 0 radical (unpaired) electrons. The lowest BCUT2D eigenvalue weighted by Crippen LogP contribution is -2.25. The molecule has 2 aromatic rings. The Morgan fingerprint density at radius 2 is 1.93 bits per heavy atom. The molecule has 1 amide bonds. The number of benzene rings is 1. The van der Waals surface area contributed by atoms with Crippen molar-refractivity contribution in [3.05, 3.63) is 53.1 Å². The number of alkyl halides is 3. The van der Waals surface area contributed by atoms with E-state index in [4.69, 9.17) is 0 Å². The summed E-state index contributed by atoms with van der Waals surface area (Å²) < 4.78 is 40.7. The lowest BCUT2D eigenvalue weighted by Gasteiger charge is -2.11. The fraction of sp³-hybridized carbons (Fsp3) is 0.333. The topological polar surface area (TPSA) is 81.2 Å². The molecule has 27 heavy (non-hydrogen) atoms. The zero-order valence-corrected chi connectivity index (χ0v) is 14.8. The Balaban J connectivity index is 2.05. The van der Waals surface area contributed by atoms with Crippen molar-refractivity contribution in [1.82, 2.24) is 15.3 Å². The summed E-state index contributed by atoms with van der Waals surface area (Å²) in [6.45, 7) is 3.39. The van der Waals surface area contributed by atoms with E-state index in [1.807, 2.05) is 0 Å². The number of ketones is 1. The molecule has 2 rings (SSSR count). The van der Waals surface area contributed by atoms with Crippen molar-refractivity contribution in [1.29, 1.82) is 0 Å². The number of aromatic nitrogens is 2. The van der Waals surface area contributed by atoms with Crippen LogP contribution in [0.25, 0.3) is 0 Å². The highest BCUT2D eigenvalue weighted by molar-refractivity contribution is 5.92. The van der Waals surface area contributed by atoms with Crippen LogP contribution in [0, 0.1) is 6.92 Å². The first-order chi connectivity index (χ1) is 12.7. The third kappa shape index (κ3) is 6.69. The summed E-state index contributed by atoms with van der Waals surface area (Å²) in [5.41, 5.74) is 1.05. The number of hydrogen-bond donors (Lipinski definition) is 1. The number of carbonyl (C=O) groups excluding carboxylic acids is 2. The molecule has 0 bridgehead atoms. The van der Waals surface area contributed by atoms with Crippen molar-refractivity contribution in [2.75, 3.05) is 0 Å². The summed E-state index contributed by atoms with van der Waals surface area (Å²) in [7, 11) is 0. The Morgan fingerprint density at radius 3 is 2.59 bits per heavy atom. The van der Waals surface area contributed by atoms with Crippen LogP contribution in [0.3, 0.4) is 0 Å². The molecule has 0 saturated heterocycles. The van der Waals surface area contributed by atoms with Crippen molar-refractivity contribution in [3.8, 4) is 5.75 Å². The molecule has 0 fully saturated rings. The van der Waals surface area contributed by atoms with Crippen molar-refractivity contribution in [2.24, 2.45) is 0 Å². The van der Waals surface area contributed by atoms with Gasteiger partial charge in [-0.05, 0) is 30.7 Å². The number of aryl methyl sites for hydroxylation is 1. The monoisotopic (exact) mass is 381 g/mol. The van der Waals surface area contributed by atoms with Gasteiger partial charge in [-0.1, -0.05) is 19.1 Å². The first kappa shape index (κ1) is 20.3. The van der Waals surface area contributed by atoms with Crippen LogP contribution >= 0.6 is 0 Å². The van der Waals surface area contributed by atoms with Crippen LogP contribution in [0.15, 0.2) is 30.3 Å². The van der Waals surface area contributed by atoms with Gasteiger partial charge in [0.1, 0.15) is 23.1 Å². The molecule has 0 aliphatic rings. The summed E-state index contributed by atoms with van der Waals surface area (Å²) >= 11 is 0. The number of rotatable bonds is 7. The minimum absolute atomic E-state index is 0.0137. The Kier molecular flexibility index (Phi) is 6.49. The lowest BCUT2D eigenvalue weighted by molar-refractivity contribution is -0.274. The first-order valence-corrected chi connectivity index (χ1v) is 8.15. The Labute approximate surface area is 153 Å². The number of carbonyl (C=O) groups is 2. The van der Waals surface area contributed by atoms with Crippen LogP contribution < -0.4 is 10.1 Å². The number of nitrogens with zero attached hydrogens (tertiary/aromatic N) is 2. The Morgan fingerprint density at radius 1 is 1.19 bits per heavy atom. The minimum atomic E-state index is -4.79. The molecule has 0 aliphatic heterocycles. The Hall–Kier alpha value is -2.97. The van der Waals surface area contributed by atoms with Crippen LogP contribution in [0.1, 0.15) is 40.9 Å². The van der Waals surface area contributed by atoms with Gasteiger partial charge in [0.15, 0.2) is 0 Å². The van der Waals surface area contributed by atoms with Gasteiger partial charge in [0.2, 0.25) is 0 Å². The number of amides is 1. The highest BCUT2D eigenvalue weighted by Gasteiger charge is 2.31. The van der Waals surface area contributed by atoms with Gasteiger partial charge < -0.3 is 10.1 Å². The smallest absolute Gasteiger partial charge is 0.406 e. The molecule has 1 N–H and O–H groups in total. The third-order valence-corrected chi connectivity index (χ3v) is 3.47. The standard InChI is InChI=1S/C18H18F3N3O3/c1-3-13(25)9-16-23-11(2)7-15(24-16)17(26)22-10-12-5-4-6-14(8-12)27-18(19,20)21/h4-8H,3,9-10H2,1-2H3,(H,22,26). The predicted molar refractivity (Wildman–Crippen MR) is 90.1 cm³/mol. The molecule has 6 nitrogen and oxygen atoms in total. The average molecular weight is 381 g/mol. The van der Waals surface area contributed by atoms with E-state index in [9.17, 15) is 22.8 Å². The molecule has 1 heterocycles. The lowest BCUT2D eigenvalue weighted by atomic mass is 10.2. The molecule has 1 aromatic heterocycles. The van der Waals surface area contributed by atoms with E-state index in [0.29, 0.717) is 17.7 Å². The quantitative estimate of drug-likeness (QED) is 0.797. The second-order valence-electron chi connectivity index (χ2n) is 5.76. The molecule has 1 aromatic carbocycles. The Bertz CT molecular complexity index is 838. The van der Waals surface area contributed by atoms with E-state index in [2.05, 4.69) is 20.0 Å². The van der Waals surface area contributed by atoms with Crippen LogP contribution in [0.4, 0.5) is 13.2 Å². The zero-order valence-electron chi connectivity index (χ0n) is 14.8. The maximum Gasteiger partial charge on any atom is 0.573 e. The maximum absolute atomic E-state index is 12.3. The fourth-order valence-electron chi connectivity index (χ4n) is 2.25. The van der Waals surface area contributed by atoms with Gasteiger partial charge in [-0.2, -0.15) is 0 Å².